The Balaban J connectivity index is 1.98. The fourth-order valence-corrected chi connectivity index (χ4v) is 1.80. The summed E-state index contributed by atoms with van der Waals surface area (Å²) in [6.45, 7) is 0.671. The summed E-state index contributed by atoms with van der Waals surface area (Å²) < 4.78 is 4.63. The molecule has 104 valence electrons. The molecule has 1 aromatic carbocycles. The summed E-state index contributed by atoms with van der Waals surface area (Å²) in [7, 11) is 1.38. The van der Waals surface area contributed by atoms with Crippen LogP contribution in [-0.2, 0) is 22.5 Å². The van der Waals surface area contributed by atoms with Crippen molar-refractivity contribution in [1.29, 1.82) is 0 Å². The minimum atomic E-state index is -0.246. The van der Waals surface area contributed by atoms with Crippen LogP contribution in [0, 0.1) is 0 Å². The van der Waals surface area contributed by atoms with Gasteiger partial charge in [0.1, 0.15) is 5.82 Å². The summed E-state index contributed by atoms with van der Waals surface area (Å²) in [5.74, 6) is 0.463. The van der Waals surface area contributed by atoms with E-state index < -0.39 is 0 Å². The van der Waals surface area contributed by atoms with Crippen LogP contribution in [0.25, 0.3) is 0 Å². The van der Waals surface area contributed by atoms with Crippen molar-refractivity contribution in [1.82, 2.24) is 9.97 Å². The minimum absolute atomic E-state index is 0.246. The molecule has 0 saturated carbocycles. The first-order valence-corrected chi connectivity index (χ1v) is 6.44. The number of hydrogen-bond donors (Lipinski definition) is 1. The average molecular weight is 271 g/mol. The Morgan fingerprint density at radius 3 is 2.70 bits per heavy atom. The van der Waals surface area contributed by atoms with Crippen LogP contribution in [0.1, 0.15) is 17.7 Å². The molecule has 1 heterocycles. The maximum absolute atomic E-state index is 11.2. The molecule has 5 nitrogen and oxygen atoms in total. The molecule has 2 aromatic rings. The molecule has 0 amide bonds. The van der Waals surface area contributed by atoms with Gasteiger partial charge >= 0.3 is 5.97 Å². The Hall–Kier alpha value is -2.43. The van der Waals surface area contributed by atoms with Crippen molar-refractivity contribution in [3.8, 4) is 0 Å². The lowest BCUT2D eigenvalue weighted by Gasteiger charge is -2.09. The second-order valence-corrected chi connectivity index (χ2v) is 4.27. The molecule has 0 atom stereocenters. The number of anilines is 1. The molecule has 0 aliphatic heterocycles. The SMILES string of the molecule is COC(=O)CCc1nccnc1NCc1ccccc1. The fourth-order valence-electron chi connectivity index (χ4n) is 1.80. The molecular weight excluding hydrogens is 254 g/mol. The standard InChI is InChI=1S/C15H17N3O2/c1-20-14(19)8-7-13-15(17-10-9-16-13)18-11-12-5-3-2-4-6-12/h2-6,9-10H,7-8,11H2,1H3,(H,17,18). The van der Waals surface area contributed by atoms with Gasteiger partial charge in [-0.3, -0.25) is 9.78 Å². The third-order valence-corrected chi connectivity index (χ3v) is 2.87. The van der Waals surface area contributed by atoms with Crippen LogP contribution >= 0.6 is 0 Å². The third kappa shape index (κ3) is 4.05. The molecule has 2 rings (SSSR count). The smallest absolute Gasteiger partial charge is 0.305 e. The molecule has 0 radical (unpaired) electrons. The molecule has 1 aromatic heterocycles. The quantitative estimate of drug-likeness (QED) is 0.816. The van der Waals surface area contributed by atoms with Gasteiger partial charge in [0, 0.05) is 25.4 Å². The predicted octanol–water partition coefficient (Wildman–Crippen LogP) is 2.19. The number of esters is 1. The van der Waals surface area contributed by atoms with Crippen molar-refractivity contribution in [2.24, 2.45) is 0 Å². The highest BCUT2D eigenvalue weighted by atomic mass is 16.5. The van der Waals surface area contributed by atoms with E-state index in [4.69, 9.17) is 0 Å². The van der Waals surface area contributed by atoms with Crippen LogP contribution in [0.3, 0.4) is 0 Å². The van der Waals surface area contributed by atoms with Crippen LogP contribution in [0.5, 0.6) is 0 Å². The van der Waals surface area contributed by atoms with Gasteiger partial charge in [0.15, 0.2) is 0 Å². The van der Waals surface area contributed by atoms with E-state index in [9.17, 15) is 4.79 Å². The Morgan fingerprint density at radius 2 is 1.95 bits per heavy atom. The molecule has 1 N–H and O–H groups in total. The van der Waals surface area contributed by atoms with Crippen LogP contribution < -0.4 is 5.32 Å². The van der Waals surface area contributed by atoms with Gasteiger partial charge in [-0.1, -0.05) is 30.3 Å². The zero-order chi connectivity index (χ0) is 14.2. The van der Waals surface area contributed by atoms with E-state index in [0.29, 0.717) is 25.2 Å². The van der Waals surface area contributed by atoms with Gasteiger partial charge in [0.25, 0.3) is 0 Å². The van der Waals surface area contributed by atoms with Crippen LogP contribution in [0.2, 0.25) is 0 Å². The van der Waals surface area contributed by atoms with Crippen molar-refractivity contribution in [3.05, 3.63) is 54.0 Å². The molecule has 0 fully saturated rings. The second kappa shape index (κ2) is 7.23. The summed E-state index contributed by atoms with van der Waals surface area (Å²) in [4.78, 5) is 19.7. The first kappa shape index (κ1) is 14.0. The zero-order valence-corrected chi connectivity index (χ0v) is 11.4. The number of hydrogen-bond acceptors (Lipinski definition) is 5. The van der Waals surface area contributed by atoms with Gasteiger partial charge in [0.05, 0.1) is 19.2 Å². The van der Waals surface area contributed by atoms with E-state index in [1.807, 2.05) is 30.3 Å². The molecule has 0 aliphatic rings. The Morgan fingerprint density at radius 1 is 1.20 bits per heavy atom. The number of carbonyl (C=O) groups excluding carboxylic acids is 1. The maximum atomic E-state index is 11.2. The number of methoxy groups -OCH3 is 1. The number of carbonyl (C=O) groups is 1. The van der Waals surface area contributed by atoms with Gasteiger partial charge < -0.3 is 10.1 Å². The molecule has 0 unspecified atom stereocenters. The number of nitrogens with zero attached hydrogens (tertiary/aromatic N) is 2. The van der Waals surface area contributed by atoms with Gasteiger partial charge in [-0.25, -0.2) is 4.98 Å². The highest BCUT2D eigenvalue weighted by molar-refractivity contribution is 5.69. The van der Waals surface area contributed by atoms with Gasteiger partial charge in [-0.05, 0) is 5.56 Å². The first-order valence-electron chi connectivity index (χ1n) is 6.44. The van der Waals surface area contributed by atoms with Crippen LogP contribution in [0.15, 0.2) is 42.7 Å². The Labute approximate surface area is 118 Å². The van der Waals surface area contributed by atoms with Crippen molar-refractivity contribution in [2.75, 3.05) is 12.4 Å². The molecule has 20 heavy (non-hydrogen) atoms. The van der Waals surface area contributed by atoms with E-state index in [2.05, 4.69) is 20.0 Å². The van der Waals surface area contributed by atoms with E-state index in [1.54, 1.807) is 12.4 Å². The summed E-state index contributed by atoms with van der Waals surface area (Å²) in [6.07, 6.45) is 4.07. The maximum Gasteiger partial charge on any atom is 0.305 e. The average Bonchev–Trinajstić information content (AvgIpc) is 2.52. The lowest BCUT2D eigenvalue weighted by atomic mass is 10.2. The van der Waals surface area contributed by atoms with Gasteiger partial charge in [0.2, 0.25) is 0 Å². The number of rotatable bonds is 6. The lowest BCUT2D eigenvalue weighted by Crippen LogP contribution is -2.08. The highest BCUT2D eigenvalue weighted by Crippen LogP contribution is 2.12. The highest BCUT2D eigenvalue weighted by Gasteiger charge is 2.08. The largest absolute Gasteiger partial charge is 0.469 e. The molecule has 0 bridgehead atoms. The van der Waals surface area contributed by atoms with E-state index in [0.717, 1.165) is 11.3 Å². The van der Waals surface area contributed by atoms with Crippen molar-refractivity contribution in [3.63, 3.8) is 0 Å². The normalized spacial score (nSPS) is 10.1. The van der Waals surface area contributed by atoms with E-state index in [1.165, 1.54) is 7.11 Å². The van der Waals surface area contributed by atoms with Crippen molar-refractivity contribution in [2.45, 2.75) is 19.4 Å². The molecule has 0 saturated heterocycles. The van der Waals surface area contributed by atoms with E-state index >= 15 is 0 Å². The second-order valence-electron chi connectivity index (χ2n) is 4.27. The molecule has 5 heteroatoms. The van der Waals surface area contributed by atoms with Gasteiger partial charge in [-0.2, -0.15) is 0 Å². The first-order chi connectivity index (χ1) is 9.79. The zero-order valence-electron chi connectivity index (χ0n) is 11.4. The Kier molecular flexibility index (Phi) is 5.06. The number of ether oxygens (including phenoxy) is 1. The lowest BCUT2D eigenvalue weighted by molar-refractivity contribution is -0.140. The third-order valence-electron chi connectivity index (χ3n) is 2.87. The summed E-state index contributed by atoms with van der Waals surface area (Å²) in [5.41, 5.74) is 1.94. The number of aryl methyl sites for hydroxylation is 1. The summed E-state index contributed by atoms with van der Waals surface area (Å²) in [5, 5.41) is 3.25. The number of aromatic nitrogens is 2. The molecule has 0 aliphatic carbocycles. The topological polar surface area (TPSA) is 64.1 Å². The van der Waals surface area contributed by atoms with Crippen molar-refractivity contribution >= 4 is 11.8 Å². The molecule has 0 spiro atoms. The molecular formula is C15H17N3O2. The van der Waals surface area contributed by atoms with Gasteiger partial charge in [-0.15, -0.1) is 0 Å². The van der Waals surface area contributed by atoms with Crippen LogP contribution in [0.4, 0.5) is 5.82 Å². The summed E-state index contributed by atoms with van der Waals surface area (Å²) >= 11 is 0. The summed E-state index contributed by atoms with van der Waals surface area (Å²) in [6, 6.07) is 10.0. The fraction of sp³-hybridized carbons (Fsp3) is 0.267. The van der Waals surface area contributed by atoms with Crippen molar-refractivity contribution < 1.29 is 9.53 Å². The minimum Gasteiger partial charge on any atom is -0.469 e. The Bertz CT molecular complexity index is 558. The number of nitrogens with one attached hydrogen (secondary N) is 1. The predicted molar refractivity (Wildman–Crippen MR) is 76.1 cm³/mol. The van der Waals surface area contributed by atoms with E-state index in [-0.39, 0.29) is 5.97 Å². The van der Waals surface area contributed by atoms with Crippen LogP contribution in [-0.4, -0.2) is 23.0 Å². The monoisotopic (exact) mass is 271 g/mol. The number of benzene rings is 1.